The van der Waals surface area contributed by atoms with Crippen molar-refractivity contribution in [2.45, 2.75) is 25.4 Å². The second-order valence-corrected chi connectivity index (χ2v) is 6.21. The molecule has 0 bridgehead atoms. The first-order chi connectivity index (χ1) is 10.7. The highest BCUT2D eigenvalue weighted by molar-refractivity contribution is 6.33. The molecule has 0 aliphatic carbocycles. The molecule has 0 unspecified atom stereocenters. The SMILES string of the molecule is Fc1ccc(CN2CCC(Nc3ccccc3Cl)CC2)cc1. The van der Waals surface area contributed by atoms with Crippen molar-refractivity contribution in [2.24, 2.45) is 0 Å². The van der Waals surface area contributed by atoms with Crippen LogP contribution < -0.4 is 5.32 Å². The molecule has 116 valence electrons. The summed E-state index contributed by atoms with van der Waals surface area (Å²) in [6, 6.07) is 15.1. The van der Waals surface area contributed by atoms with Crippen LogP contribution in [0.3, 0.4) is 0 Å². The van der Waals surface area contributed by atoms with Gasteiger partial charge in [-0.25, -0.2) is 4.39 Å². The van der Waals surface area contributed by atoms with Crippen molar-refractivity contribution in [1.82, 2.24) is 4.90 Å². The summed E-state index contributed by atoms with van der Waals surface area (Å²) in [6.45, 7) is 2.97. The minimum atomic E-state index is -0.175. The number of benzene rings is 2. The number of hydrogen-bond acceptors (Lipinski definition) is 2. The van der Waals surface area contributed by atoms with Crippen LogP contribution in [0.5, 0.6) is 0 Å². The zero-order chi connectivity index (χ0) is 15.4. The van der Waals surface area contributed by atoms with E-state index in [1.807, 2.05) is 36.4 Å². The lowest BCUT2D eigenvalue weighted by Crippen LogP contribution is -2.38. The van der Waals surface area contributed by atoms with Crippen molar-refractivity contribution < 1.29 is 4.39 Å². The van der Waals surface area contributed by atoms with Gasteiger partial charge in [-0.2, -0.15) is 0 Å². The molecule has 0 atom stereocenters. The van der Waals surface area contributed by atoms with E-state index in [-0.39, 0.29) is 5.82 Å². The molecule has 2 nitrogen and oxygen atoms in total. The van der Waals surface area contributed by atoms with Gasteiger partial charge >= 0.3 is 0 Å². The van der Waals surface area contributed by atoms with Crippen LogP contribution in [0, 0.1) is 5.82 Å². The minimum Gasteiger partial charge on any atom is -0.381 e. The molecule has 1 aliphatic heterocycles. The molecule has 0 spiro atoms. The number of likely N-dealkylation sites (tertiary alicyclic amines) is 1. The number of anilines is 1. The molecule has 1 fully saturated rings. The van der Waals surface area contributed by atoms with Crippen molar-refractivity contribution in [3.63, 3.8) is 0 Å². The monoisotopic (exact) mass is 318 g/mol. The molecule has 0 aromatic heterocycles. The topological polar surface area (TPSA) is 15.3 Å². The van der Waals surface area contributed by atoms with Crippen LogP contribution in [-0.4, -0.2) is 24.0 Å². The zero-order valence-electron chi connectivity index (χ0n) is 12.4. The average molecular weight is 319 g/mol. The van der Waals surface area contributed by atoms with Gasteiger partial charge in [-0.3, -0.25) is 4.90 Å². The number of nitrogens with one attached hydrogen (secondary N) is 1. The summed E-state index contributed by atoms with van der Waals surface area (Å²) < 4.78 is 12.9. The molecule has 22 heavy (non-hydrogen) atoms. The minimum absolute atomic E-state index is 0.175. The third-order valence-corrected chi connectivity index (χ3v) is 4.47. The van der Waals surface area contributed by atoms with Gasteiger partial charge in [0.1, 0.15) is 5.82 Å². The van der Waals surface area contributed by atoms with E-state index in [0.29, 0.717) is 6.04 Å². The molecule has 2 aromatic carbocycles. The molecular weight excluding hydrogens is 299 g/mol. The normalized spacial score (nSPS) is 16.6. The number of piperidine rings is 1. The molecule has 0 saturated carbocycles. The maximum absolute atomic E-state index is 12.9. The lowest BCUT2D eigenvalue weighted by Gasteiger charge is -2.33. The summed E-state index contributed by atoms with van der Waals surface area (Å²) in [6.07, 6.45) is 2.18. The van der Waals surface area contributed by atoms with Gasteiger partial charge in [0, 0.05) is 25.7 Å². The smallest absolute Gasteiger partial charge is 0.123 e. The summed E-state index contributed by atoms with van der Waals surface area (Å²) in [7, 11) is 0. The molecule has 4 heteroatoms. The molecule has 0 radical (unpaired) electrons. The highest BCUT2D eigenvalue weighted by Gasteiger charge is 2.19. The second kappa shape index (κ2) is 7.12. The summed E-state index contributed by atoms with van der Waals surface area (Å²) in [5.74, 6) is -0.175. The van der Waals surface area contributed by atoms with E-state index in [4.69, 9.17) is 11.6 Å². The fraction of sp³-hybridized carbons (Fsp3) is 0.333. The Bertz CT molecular complexity index is 607. The Morgan fingerprint density at radius 2 is 1.73 bits per heavy atom. The van der Waals surface area contributed by atoms with Crippen LogP contribution >= 0.6 is 11.6 Å². The highest BCUT2D eigenvalue weighted by atomic mass is 35.5. The van der Waals surface area contributed by atoms with Crippen LogP contribution in [0.15, 0.2) is 48.5 Å². The number of rotatable bonds is 4. The highest BCUT2D eigenvalue weighted by Crippen LogP contribution is 2.24. The van der Waals surface area contributed by atoms with Gasteiger partial charge in [0.25, 0.3) is 0 Å². The Labute approximate surface area is 135 Å². The van der Waals surface area contributed by atoms with Crippen molar-refractivity contribution in [2.75, 3.05) is 18.4 Å². The van der Waals surface area contributed by atoms with E-state index in [9.17, 15) is 4.39 Å². The van der Waals surface area contributed by atoms with Gasteiger partial charge in [0.05, 0.1) is 10.7 Å². The molecule has 0 amide bonds. The first-order valence-corrected chi connectivity index (χ1v) is 8.06. The van der Waals surface area contributed by atoms with E-state index >= 15 is 0 Å². The van der Waals surface area contributed by atoms with E-state index in [1.165, 1.54) is 17.7 Å². The van der Waals surface area contributed by atoms with Crippen molar-refractivity contribution in [3.05, 3.63) is 64.9 Å². The fourth-order valence-electron chi connectivity index (χ4n) is 2.88. The lowest BCUT2D eigenvalue weighted by molar-refractivity contribution is 0.211. The quantitative estimate of drug-likeness (QED) is 0.889. The van der Waals surface area contributed by atoms with Crippen LogP contribution in [-0.2, 0) is 6.54 Å². The summed E-state index contributed by atoms with van der Waals surface area (Å²) >= 11 is 6.19. The van der Waals surface area contributed by atoms with Gasteiger partial charge in [0.15, 0.2) is 0 Å². The number of hydrogen-bond donors (Lipinski definition) is 1. The van der Waals surface area contributed by atoms with Gasteiger partial charge in [-0.05, 0) is 42.7 Å². The van der Waals surface area contributed by atoms with Gasteiger partial charge in [-0.15, -0.1) is 0 Å². The molecule has 3 rings (SSSR count). The Balaban J connectivity index is 1.50. The second-order valence-electron chi connectivity index (χ2n) is 5.80. The van der Waals surface area contributed by atoms with Gasteiger partial charge in [0.2, 0.25) is 0 Å². The number of para-hydroxylation sites is 1. The number of nitrogens with zero attached hydrogens (tertiary/aromatic N) is 1. The summed E-state index contributed by atoms with van der Waals surface area (Å²) in [5.41, 5.74) is 2.18. The molecule has 1 saturated heterocycles. The maximum atomic E-state index is 12.9. The van der Waals surface area contributed by atoms with E-state index in [2.05, 4.69) is 10.2 Å². The summed E-state index contributed by atoms with van der Waals surface area (Å²) in [5, 5.41) is 4.31. The average Bonchev–Trinajstić information content (AvgIpc) is 2.54. The predicted octanol–water partition coefficient (Wildman–Crippen LogP) is 4.56. The van der Waals surface area contributed by atoms with Gasteiger partial charge in [-0.1, -0.05) is 35.9 Å². The number of halogens is 2. The van der Waals surface area contributed by atoms with Crippen molar-refractivity contribution >= 4 is 17.3 Å². The van der Waals surface area contributed by atoms with Crippen molar-refractivity contribution in [3.8, 4) is 0 Å². The standard InChI is InChI=1S/C18H20ClFN2/c19-17-3-1-2-4-18(17)21-16-9-11-22(12-10-16)13-14-5-7-15(20)8-6-14/h1-8,16,21H,9-13H2. The van der Waals surface area contributed by atoms with E-state index in [1.54, 1.807) is 0 Å². The van der Waals surface area contributed by atoms with Crippen LogP contribution in [0.25, 0.3) is 0 Å². The molecule has 2 aromatic rings. The predicted molar refractivity (Wildman–Crippen MR) is 89.8 cm³/mol. The molecule has 1 aliphatic rings. The third-order valence-electron chi connectivity index (χ3n) is 4.14. The Morgan fingerprint density at radius 1 is 1.05 bits per heavy atom. The first kappa shape index (κ1) is 15.3. The van der Waals surface area contributed by atoms with Crippen LogP contribution in [0.1, 0.15) is 18.4 Å². The van der Waals surface area contributed by atoms with E-state index < -0.39 is 0 Å². The molecule has 1 heterocycles. The van der Waals surface area contributed by atoms with E-state index in [0.717, 1.165) is 43.2 Å². The Hall–Kier alpha value is -1.58. The lowest BCUT2D eigenvalue weighted by atomic mass is 10.0. The zero-order valence-corrected chi connectivity index (χ0v) is 13.2. The maximum Gasteiger partial charge on any atom is 0.123 e. The fourth-order valence-corrected chi connectivity index (χ4v) is 3.07. The first-order valence-electron chi connectivity index (χ1n) is 7.68. The molecular formula is C18H20ClFN2. The Kier molecular flexibility index (Phi) is 4.96. The third kappa shape index (κ3) is 3.99. The largest absolute Gasteiger partial charge is 0.381 e. The van der Waals surface area contributed by atoms with Crippen LogP contribution in [0.2, 0.25) is 5.02 Å². The molecule has 1 N–H and O–H groups in total. The van der Waals surface area contributed by atoms with Gasteiger partial charge < -0.3 is 5.32 Å². The Morgan fingerprint density at radius 3 is 2.41 bits per heavy atom. The van der Waals surface area contributed by atoms with Crippen LogP contribution in [0.4, 0.5) is 10.1 Å². The van der Waals surface area contributed by atoms with Crippen molar-refractivity contribution in [1.29, 1.82) is 0 Å². The summed E-state index contributed by atoms with van der Waals surface area (Å²) in [4.78, 5) is 2.41.